The summed E-state index contributed by atoms with van der Waals surface area (Å²) in [7, 11) is 0. The lowest BCUT2D eigenvalue weighted by Crippen LogP contribution is -2.28. The van der Waals surface area contributed by atoms with Crippen molar-refractivity contribution in [2.24, 2.45) is 4.99 Å². The molecule has 0 aliphatic carbocycles. The molecule has 0 bridgehead atoms. The van der Waals surface area contributed by atoms with Gasteiger partial charge in [-0.15, -0.1) is 0 Å². The van der Waals surface area contributed by atoms with Crippen LogP contribution >= 0.6 is 23.1 Å². The number of nitrogens with zero attached hydrogens (tertiary/aromatic N) is 2. The first-order valence-corrected chi connectivity index (χ1v) is 12.7. The maximum absolute atomic E-state index is 4.79. The van der Waals surface area contributed by atoms with Crippen LogP contribution in [0.1, 0.15) is 16.7 Å². The van der Waals surface area contributed by atoms with E-state index < -0.39 is 0 Å². The molecule has 2 heterocycles. The molecule has 6 heteroatoms. The van der Waals surface area contributed by atoms with Crippen molar-refractivity contribution < 1.29 is 0 Å². The average Bonchev–Trinajstić information content (AvgIpc) is 3.41. The summed E-state index contributed by atoms with van der Waals surface area (Å²) in [4.78, 5) is 9.46. The van der Waals surface area contributed by atoms with E-state index in [9.17, 15) is 0 Å². The van der Waals surface area contributed by atoms with E-state index in [2.05, 4.69) is 95.3 Å². The van der Waals surface area contributed by atoms with Crippen molar-refractivity contribution in [3.63, 3.8) is 0 Å². The number of amidine groups is 1. The molecule has 4 aromatic rings. The number of hydrogen-bond donors (Lipinski definition) is 2. The topological polar surface area (TPSA) is 49.3 Å². The van der Waals surface area contributed by atoms with Crippen LogP contribution in [0.2, 0.25) is 0 Å². The van der Waals surface area contributed by atoms with Crippen LogP contribution in [0.3, 0.4) is 0 Å². The fourth-order valence-corrected chi connectivity index (χ4v) is 5.76. The lowest BCUT2D eigenvalue weighted by atomic mass is 10.1. The van der Waals surface area contributed by atoms with Gasteiger partial charge in [0, 0.05) is 18.3 Å². The monoisotopic (exact) mass is 458 g/mol. The number of rotatable bonds is 7. The quantitative estimate of drug-likeness (QED) is 0.346. The third-order valence-corrected chi connectivity index (χ3v) is 7.50. The molecule has 1 aliphatic rings. The first kappa shape index (κ1) is 21.0. The van der Waals surface area contributed by atoms with Gasteiger partial charge in [-0.3, -0.25) is 0 Å². The van der Waals surface area contributed by atoms with Crippen LogP contribution in [0.15, 0.2) is 77.8 Å². The van der Waals surface area contributed by atoms with E-state index in [0.29, 0.717) is 6.04 Å². The number of thioether (sulfide) groups is 1. The van der Waals surface area contributed by atoms with Crippen LogP contribution in [-0.4, -0.2) is 28.5 Å². The summed E-state index contributed by atoms with van der Waals surface area (Å²) < 4.78 is 1.24. The number of aliphatic imine (C=N–C) groups is 1. The molecule has 5 rings (SSSR count). The predicted molar refractivity (Wildman–Crippen MR) is 140 cm³/mol. The molecule has 3 aromatic carbocycles. The van der Waals surface area contributed by atoms with E-state index >= 15 is 0 Å². The third-order valence-electron chi connectivity index (χ3n) is 5.47. The highest BCUT2D eigenvalue weighted by Crippen LogP contribution is 2.27. The van der Waals surface area contributed by atoms with Gasteiger partial charge in [0.15, 0.2) is 10.3 Å². The summed E-state index contributed by atoms with van der Waals surface area (Å²) in [6.07, 6.45) is 1.99. The minimum absolute atomic E-state index is 0.443. The maximum atomic E-state index is 4.79. The zero-order valence-corrected chi connectivity index (χ0v) is 19.7. The van der Waals surface area contributed by atoms with Gasteiger partial charge in [-0.1, -0.05) is 71.6 Å². The Labute approximate surface area is 197 Å². The Bertz CT molecular complexity index is 1220. The summed E-state index contributed by atoms with van der Waals surface area (Å²) in [5, 5.41) is 9.04. The molecule has 4 nitrogen and oxygen atoms in total. The number of aryl methyl sites for hydroxylation is 1. The van der Waals surface area contributed by atoms with Crippen molar-refractivity contribution in [2.45, 2.75) is 25.8 Å². The molecule has 0 unspecified atom stereocenters. The number of fused-ring (bicyclic) bond motifs is 1. The second-order valence-corrected chi connectivity index (χ2v) is 10.1. The zero-order valence-electron chi connectivity index (χ0n) is 18.0. The van der Waals surface area contributed by atoms with Gasteiger partial charge < -0.3 is 10.6 Å². The van der Waals surface area contributed by atoms with Crippen molar-refractivity contribution in [1.82, 2.24) is 10.3 Å². The Morgan fingerprint density at radius 3 is 2.72 bits per heavy atom. The minimum atomic E-state index is 0.443. The first-order chi connectivity index (χ1) is 15.7. The van der Waals surface area contributed by atoms with Crippen LogP contribution in [-0.2, 0) is 12.8 Å². The van der Waals surface area contributed by atoms with E-state index in [1.807, 2.05) is 0 Å². The predicted octanol–water partition coefficient (Wildman–Crippen LogP) is 6.19. The van der Waals surface area contributed by atoms with Gasteiger partial charge >= 0.3 is 0 Å². The van der Waals surface area contributed by atoms with Gasteiger partial charge in [-0.25, -0.2) is 9.98 Å². The number of aromatic nitrogens is 1. The fraction of sp³-hybridized carbons (Fsp3) is 0.231. The molecule has 1 aliphatic heterocycles. The molecule has 0 saturated carbocycles. The van der Waals surface area contributed by atoms with Gasteiger partial charge in [0.25, 0.3) is 0 Å². The highest BCUT2D eigenvalue weighted by molar-refractivity contribution is 8.14. The largest absolute Gasteiger partial charge is 0.361 e. The van der Waals surface area contributed by atoms with Gasteiger partial charge in [0.2, 0.25) is 0 Å². The van der Waals surface area contributed by atoms with E-state index in [4.69, 9.17) is 4.99 Å². The van der Waals surface area contributed by atoms with Crippen LogP contribution in [0.4, 0.5) is 10.8 Å². The number of benzene rings is 3. The summed E-state index contributed by atoms with van der Waals surface area (Å²) in [6.45, 7) is 2.98. The Balaban J connectivity index is 1.12. The zero-order chi connectivity index (χ0) is 21.8. The summed E-state index contributed by atoms with van der Waals surface area (Å²) in [6, 6.07) is 26.0. The smallest absolute Gasteiger partial charge is 0.183 e. The minimum Gasteiger partial charge on any atom is -0.361 e. The van der Waals surface area contributed by atoms with Crippen molar-refractivity contribution in [3.8, 4) is 0 Å². The molecule has 0 spiro atoms. The molecule has 1 fully saturated rings. The fourth-order valence-electron chi connectivity index (χ4n) is 3.79. The van der Waals surface area contributed by atoms with E-state index in [1.165, 1.54) is 21.4 Å². The molecule has 1 atom stereocenters. The SMILES string of the molecule is Cc1ccc2nc(NCCc3ccc(/N=C4/N[C@@H](Cc5ccccc5)CS4)cc3)sc2c1. The third kappa shape index (κ3) is 5.31. The lowest BCUT2D eigenvalue weighted by molar-refractivity contribution is 0.688. The van der Waals surface area contributed by atoms with Gasteiger partial charge in [-0.05, 0) is 60.7 Å². The normalized spacial score (nSPS) is 17.0. The maximum Gasteiger partial charge on any atom is 0.183 e. The molecular formula is C26H26N4S2. The van der Waals surface area contributed by atoms with Crippen molar-refractivity contribution in [3.05, 3.63) is 89.5 Å². The average molecular weight is 459 g/mol. The van der Waals surface area contributed by atoms with E-state index in [1.54, 1.807) is 23.1 Å². The van der Waals surface area contributed by atoms with Gasteiger partial charge in [0.05, 0.1) is 15.9 Å². The number of nitrogens with one attached hydrogen (secondary N) is 2. The molecule has 1 aromatic heterocycles. The van der Waals surface area contributed by atoms with Gasteiger partial charge in [0.1, 0.15) is 0 Å². The lowest BCUT2D eigenvalue weighted by Gasteiger charge is -2.09. The van der Waals surface area contributed by atoms with Crippen LogP contribution in [0, 0.1) is 6.92 Å². The Kier molecular flexibility index (Phi) is 6.41. The standard InChI is InChI=1S/C26H26N4S2/c1-18-7-12-23-24(15-18)32-25(30-23)27-14-13-19-8-10-21(11-9-19)28-26-29-22(17-31-26)16-20-5-3-2-4-6-20/h2-12,15,22H,13-14,16-17H2,1H3,(H,27,30)(H,28,29)/t22-/m0/s1. The summed E-state index contributed by atoms with van der Waals surface area (Å²) in [5.74, 6) is 1.06. The number of thiazole rings is 1. The molecular weight excluding hydrogens is 432 g/mol. The Morgan fingerprint density at radius 1 is 1.03 bits per heavy atom. The van der Waals surface area contributed by atoms with Crippen LogP contribution < -0.4 is 10.6 Å². The molecule has 2 N–H and O–H groups in total. The van der Waals surface area contributed by atoms with Crippen LogP contribution in [0.25, 0.3) is 10.2 Å². The number of hydrogen-bond acceptors (Lipinski definition) is 5. The van der Waals surface area contributed by atoms with E-state index in [-0.39, 0.29) is 0 Å². The number of anilines is 1. The molecule has 162 valence electrons. The van der Waals surface area contributed by atoms with Crippen molar-refractivity contribution in [2.75, 3.05) is 17.6 Å². The summed E-state index contributed by atoms with van der Waals surface area (Å²) in [5.41, 5.74) is 6.00. The van der Waals surface area contributed by atoms with Crippen molar-refractivity contribution in [1.29, 1.82) is 0 Å². The second-order valence-electron chi connectivity index (χ2n) is 8.09. The van der Waals surface area contributed by atoms with Crippen molar-refractivity contribution >= 4 is 49.3 Å². The molecule has 0 amide bonds. The van der Waals surface area contributed by atoms with Gasteiger partial charge in [-0.2, -0.15) is 0 Å². The highest BCUT2D eigenvalue weighted by atomic mass is 32.2. The highest BCUT2D eigenvalue weighted by Gasteiger charge is 2.20. The Morgan fingerprint density at radius 2 is 1.88 bits per heavy atom. The summed E-state index contributed by atoms with van der Waals surface area (Å²) >= 11 is 3.52. The van der Waals surface area contributed by atoms with Crippen LogP contribution in [0.5, 0.6) is 0 Å². The second kappa shape index (κ2) is 9.76. The molecule has 1 saturated heterocycles. The molecule has 0 radical (unpaired) electrons. The molecule has 32 heavy (non-hydrogen) atoms. The first-order valence-electron chi connectivity index (χ1n) is 10.9. The Hall–Kier alpha value is -2.83. The van der Waals surface area contributed by atoms with E-state index in [0.717, 1.165) is 46.6 Å².